The molecule has 0 unspecified atom stereocenters. The first kappa shape index (κ1) is 16.2. The molecule has 0 aromatic heterocycles. The Bertz CT molecular complexity index is 688. The van der Waals surface area contributed by atoms with Crippen molar-refractivity contribution in [3.8, 4) is 0 Å². The van der Waals surface area contributed by atoms with E-state index in [0.717, 1.165) is 15.6 Å². The van der Waals surface area contributed by atoms with Crippen molar-refractivity contribution in [2.45, 2.75) is 12.6 Å². The number of rotatable bonds is 3. The molecule has 0 spiro atoms. The molecule has 0 radical (unpaired) electrons. The molecule has 0 aliphatic carbocycles. The van der Waals surface area contributed by atoms with Gasteiger partial charge in [-0.1, -0.05) is 46.3 Å². The van der Waals surface area contributed by atoms with Gasteiger partial charge < -0.3 is 15.4 Å². The molecule has 3 rings (SSSR count). The summed E-state index contributed by atoms with van der Waals surface area (Å²) < 4.78 is 6.86. The fraction of sp³-hybridized carbons (Fsp3) is 0.278. The smallest absolute Gasteiger partial charge is 0.254 e. The van der Waals surface area contributed by atoms with Crippen LogP contribution in [-0.4, -0.2) is 30.5 Å². The summed E-state index contributed by atoms with van der Waals surface area (Å²) in [5.41, 5.74) is 8.38. The normalized spacial score (nSPS) is 18.0. The summed E-state index contributed by atoms with van der Waals surface area (Å²) in [4.78, 5) is 14.5. The third-order valence-corrected chi connectivity index (χ3v) is 4.76. The van der Waals surface area contributed by atoms with Crippen LogP contribution in [-0.2, 0) is 11.3 Å². The molecule has 2 aromatic carbocycles. The van der Waals surface area contributed by atoms with Gasteiger partial charge in [-0.3, -0.25) is 4.79 Å². The lowest BCUT2D eigenvalue weighted by Crippen LogP contribution is -2.42. The highest BCUT2D eigenvalue weighted by molar-refractivity contribution is 9.10. The van der Waals surface area contributed by atoms with Gasteiger partial charge in [-0.2, -0.15) is 0 Å². The molecule has 2 N–H and O–H groups in total. The van der Waals surface area contributed by atoms with Gasteiger partial charge in [0.1, 0.15) is 6.10 Å². The highest BCUT2D eigenvalue weighted by Crippen LogP contribution is 2.29. The van der Waals surface area contributed by atoms with Crippen LogP contribution in [0.4, 0.5) is 0 Å². The van der Waals surface area contributed by atoms with Crippen LogP contribution < -0.4 is 5.73 Å². The monoisotopic (exact) mass is 374 g/mol. The van der Waals surface area contributed by atoms with Crippen molar-refractivity contribution in [2.24, 2.45) is 5.73 Å². The number of halogens is 1. The zero-order valence-corrected chi connectivity index (χ0v) is 14.3. The average Bonchev–Trinajstić information content (AvgIpc) is 2.62. The summed E-state index contributed by atoms with van der Waals surface area (Å²) in [6.07, 6.45) is -0.105. The second kappa shape index (κ2) is 7.25. The predicted octanol–water partition coefficient (Wildman–Crippen LogP) is 3.12. The Hall–Kier alpha value is -1.69. The van der Waals surface area contributed by atoms with E-state index < -0.39 is 0 Å². The molecule has 1 fully saturated rings. The average molecular weight is 375 g/mol. The van der Waals surface area contributed by atoms with Crippen molar-refractivity contribution in [1.82, 2.24) is 4.90 Å². The Labute approximate surface area is 144 Å². The predicted molar refractivity (Wildman–Crippen MR) is 93.1 cm³/mol. The summed E-state index contributed by atoms with van der Waals surface area (Å²) in [7, 11) is 0. The molecule has 4 nitrogen and oxygen atoms in total. The topological polar surface area (TPSA) is 55.6 Å². The number of carbonyl (C=O) groups excluding carboxylic acids is 1. The molecule has 1 amide bonds. The van der Waals surface area contributed by atoms with E-state index >= 15 is 0 Å². The van der Waals surface area contributed by atoms with Gasteiger partial charge in [0.05, 0.1) is 13.2 Å². The van der Waals surface area contributed by atoms with Gasteiger partial charge in [0, 0.05) is 23.1 Å². The Morgan fingerprint density at radius 2 is 1.96 bits per heavy atom. The molecule has 23 heavy (non-hydrogen) atoms. The third-order valence-electron chi connectivity index (χ3n) is 4.04. The molecule has 1 aliphatic rings. The SMILES string of the molecule is NCc1ccc(C(=O)N2CCO[C@@H](c3ccccc3Br)C2)cc1. The van der Waals surface area contributed by atoms with Crippen LogP contribution in [0.25, 0.3) is 0 Å². The first-order valence-electron chi connectivity index (χ1n) is 7.63. The van der Waals surface area contributed by atoms with Crippen LogP contribution in [0.1, 0.15) is 27.6 Å². The van der Waals surface area contributed by atoms with Crippen molar-refractivity contribution in [1.29, 1.82) is 0 Å². The van der Waals surface area contributed by atoms with Gasteiger partial charge in [0.15, 0.2) is 0 Å². The maximum absolute atomic E-state index is 12.7. The molecule has 5 heteroatoms. The van der Waals surface area contributed by atoms with Gasteiger partial charge in [0.25, 0.3) is 5.91 Å². The van der Waals surface area contributed by atoms with Crippen molar-refractivity contribution in [3.05, 3.63) is 69.7 Å². The molecule has 1 saturated heterocycles. The van der Waals surface area contributed by atoms with E-state index in [-0.39, 0.29) is 12.0 Å². The van der Waals surface area contributed by atoms with E-state index in [2.05, 4.69) is 15.9 Å². The van der Waals surface area contributed by atoms with E-state index in [0.29, 0.717) is 31.8 Å². The fourth-order valence-corrected chi connectivity index (χ4v) is 3.26. The minimum atomic E-state index is -0.105. The highest BCUT2D eigenvalue weighted by Gasteiger charge is 2.27. The number of nitrogens with zero attached hydrogens (tertiary/aromatic N) is 1. The number of amides is 1. The first-order valence-corrected chi connectivity index (χ1v) is 8.42. The van der Waals surface area contributed by atoms with Gasteiger partial charge in [-0.05, 0) is 29.3 Å². The van der Waals surface area contributed by atoms with E-state index in [1.165, 1.54) is 0 Å². The van der Waals surface area contributed by atoms with Gasteiger partial charge in [0.2, 0.25) is 0 Å². The fourth-order valence-electron chi connectivity index (χ4n) is 2.72. The lowest BCUT2D eigenvalue weighted by molar-refractivity contribution is -0.0231. The zero-order chi connectivity index (χ0) is 16.2. The Morgan fingerprint density at radius 3 is 2.65 bits per heavy atom. The summed E-state index contributed by atoms with van der Waals surface area (Å²) in [6.45, 7) is 2.19. The number of morpholine rings is 1. The molecular weight excluding hydrogens is 356 g/mol. The highest BCUT2D eigenvalue weighted by atomic mass is 79.9. The molecule has 1 aliphatic heterocycles. The number of nitrogens with two attached hydrogens (primary N) is 1. The van der Waals surface area contributed by atoms with Crippen LogP contribution in [0.2, 0.25) is 0 Å². The second-order valence-corrected chi connectivity index (χ2v) is 6.39. The quantitative estimate of drug-likeness (QED) is 0.897. The van der Waals surface area contributed by atoms with E-state index in [4.69, 9.17) is 10.5 Å². The molecule has 2 aromatic rings. The summed E-state index contributed by atoms with van der Waals surface area (Å²) in [5.74, 6) is 0.0360. The molecule has 0 saturated carbocycles. The lowest BCUT2D eigenvalue weighted by Gasteiger charge is -2.33. The molecule has 120 valence electrons. The van der Waals surface area contributed by atoms with Crippen LogP contribution in [0.15, 0.2) is 53.0 Å². The van der Waals surface area contributed by atoms with Crippen LogP contribution >= 0.6 is 15.9 Å². The summed E-state index contributed by atoms with van der Waals surface area (Å²) >= 11 is 3.55. The number of ether oxygens (including phenoxy) is 1. The number of carbonyl (C=O) groups is 1. The van der Waals surface area contributed by atoms with Crippen LogP contribution in [0, 0.1) is 0 Å². The summed E-state index contributed by atoms with van der Waals surface area (Å²) in [6, 6.07) is 15.5. The first-order chi connectivity index (χ1) is 11.2. The van der Waals surface area contributed by atoms with Gasteiger partial charge in [-0.25, -0.2) is 0 Å². The Morgan fingerprint density at radius 1 is 1.22 bits per heavy atom. The largest absolute Gasteiger partial charge is 0.370 e. The third kappa shape index (κ3) is 3.63. The minimum Gasteiger partial charge on any atom is -0.370 e. The molecule has 1 heterocycles. The van der Waals surface area contributed by atoms with Gasteiger partial charge in [-0.15, -0.1) is 0 Å². The minimum absolute atomic E-state index is 0.0360. The zero-order valence-electron chi connectivity index (χ0n) is 12.7. The maximum atomic E-state index is 12.7. The number of hydrogen-bond acceptors (Lipinski definition) is 3. The second-order valence-electron chi connectivity index (χ2n) is 5.53. The Balaban J connectivity index is 1.75. The number of hydrogen-bond donors (Lipinski definition) is 1. The van der Waals surface area contributed by atoms with Crippen molar-refractivity contribution in [2.75, 3.05) is 19.7 Å². The molecule has 1 atom stereocenters. The standard InChI is InChI=1S/C18H19BrN2O2/c19-16-4-2-1-3-15(16)17-12-21(9-10-23-17)18(22)14-7-5-13(11-20)6-8-14/h1-8,17H,9-12,20H2/t17-/m1/s1. The van der Waals surface area contributed by atoms with Crippen LogP contribution in [0.3, 0.4) is 0 Å². The van der Waals surface area contributed by atoms with Gasteiger partial charge >= 0.3 is 0 Å². The molecule has 0 bridgehead atoms. The maximum Gasteiger partial charge on any atom is 0.254 e. The van der Waals surface area contributed by atoms with Crippen molar-refractivity contribution >= 4 is 21.8 Å². The Kier molecular flexibility index (Phi) is 5.10. The van der Waals surface area contributed by atoms with Crippen molar-refractivity contribution in [3.63, 3.8) is 0 Å². The van der Waals surface area contributed by atoms with Crippen LogP contribution in [0.5, 0.6) is 0 Å². The number of benzene rings is 2. The summed E-state index contributed by atoms with van der Waals surface area (Å²) in [5, 5.41) is 0. The van der Waals surface area contributed by atoms with E-state index in [1.807, 2.05) is 53.4 Å². The molecular formula is C18H19BrN2O2. The van der Waals surface area contributed by atoms with E-state index in [1.54, 1.807) is 0 Å². The van der Waals surface area contributed by atoms with E-state index in [9.17, 15) is 4.79 Å². The van der Waals surface area contributed by atoms with Crippen molar-refractivity contribution < 1.29 is 9.53 Å². The lowest BCUT2D eigenvalue weighted by atomic mass is 10.1.